The molecule has 0 radical (unpaired) electrons. The summed E-state index contributed by atoms with van der Waals surface area (Å²) in [6, 6.07) is 8.95. The standard InChI is InChI=1S/C19H15ClN2O5/c1-23-14-3-9(12(20)5-15(14)24-2)18-10-4-16-17(26-8-25-16)6-13(10)27-19(22)11(18)7-21/h3-6,11,18,22H,8H2,1-2H3. The van der Waals surface area contributed by atoms with Crippen LogP contribution >= 0.6 is 11.6 Å². The molecule has 138 valence electrons. The molecule has 4 rings (SSSR count). The number of benzene rings is 2. The van der Waals surface area contributed by atoms with Gasteiger partial charge in [0.25, 0.3) is 0 Å². The van der Waals surface area contributed by atoms with Crippen molar-refractivity contribution in [3.8, 4) is 34.8 Å². The van der Waals surface area contributed by atoms with Crippen LogP contribution in [0.5, 0.6) is 28.7 Å². The van der Waals surface area contributed by atoms with Crippen molar-refractivity contribution in [2.75, 3.05) is 21.0 Å². The quantitative estimate of drug-likeness (QED) is 0.863. The normalized spacial score (nSPS) is 19.7. The Kier molecular flexibility index (Phi) is 4.21. The second-order valence-electron chi connectivity index (χ2n) is 6.02. The molecule has 2 aromatic carbocycles. The van der Waals surface area contributed by atoms with Gasteiger partial charge in [-0.15, -0.1) is 0 Å². The summed E-state index contributed by atoms with van der Waals surface area (Å²) in [4.78, 5) is 0. The van der Waals surface area contributed by atoms with E-state index in [-0.39, 0.29) is 12.7 Å². The molecule has 2 aromatic rings. The van der Waals surface area contributed by atoms with E-state index >= 15 is 0 Å². The van der Waals surface area contributed by atoms with E-state index in [1.807, 2.05) is 0 Å². The van der Waals surface area contributed by atoms with Gasteiger partial charge in [0.1, 0.15) is 11.7 Å². The minimum atomic E-state index is -0.853. The Labute approximate surface area is 160 Å². The van der Waals surface area contributed by atoms with Crippen LogP contribution in [0.2, 0.25) is 5.02 Å². The molecule has 2 atom stereocenters. The fourth-order valence-corrected chi connectivity index (χ4v) is 3.64. The molecule has 2 heterocycles. The van der Waals surface area contributed by atoms with Crippen molar-refractivity contribution >= 4 is 17.5 Å². The first-order valence-corrected chi connectivity index (χ1v) is 8.46. The first-order chi connectivity index (χ1) is 13.1. The molecule has 0 saturated carbocycles. The Morgan fingerprint density at radius 2 is 1.70 bits per heavy atom. The van der Waals surface area contributed by atoms with Gasteiger partial charge in [0.15, 0.2) is 23.0 Å². The maximum Gasteiger partial charge on any atom is 0.231 e. The van der Waals surface area contributed by atoms with Crippen LogP contribution in [0.25, 0.3) is 0 Å². The van der Waals surface area contributed by atoms with Crippen LogP contribution in [0.1, 0.15) is 17.0 Å². The van der Waals surface area contributed by atoms with Crippen molar-refractivity contribution in [2.24, 2.45) is 5.92 Å². The maximum atomic E-state index is 9.70. The minimum absolute atomic E-state index is 0.110. The summed E-state index contributed by atoms with van der Waals surface area (Å²) >= 11 is 6.51. The van der Waals surface area contributed by atoms with Gasteiger partial charge in [0, 0.05) is 28.6 Å². The average Bonchev–Trinajstić information content (AvgIpc) is 3.12. The fraction of sp³-hybridized carbons (Fsp3) is 0.263. The number of methoxy groups -OCH3 is 2. The van der Waals surface area contributed by atoms with Gasteiger partial charge in [-0.25, -0.2) is 0 Å². The van der Waals surface area contributed by atoms with Gasteiger partial charge in [-0.05, 0) is 17.7 Å². The smallest absolute Gasteiger partial charge is 0.231 e. The summed E-state index contributed by atoms with van der Waals surface area (Å²) in [5, 5.41) is 18.3. The highest BCUT2D eigenvalue weighted by Gasteiger charge is 2.40. The van der Waals surface area contributed by atoms with Gasteiger partial charge >= 0.3 is 0 Å². The molecule has 2 aliphatic rings. The van der Waals surface area contributed by atoms with Gasteiger partial charge < -0.3 is 23.7 Å². The first kappa shape index (κ1) is 17.3. The molecule has 0 saturated heterocycles. The van der Waals surface area contributed by atoms with Gasteiger partial charge in [-0.2, -0.15) is 5.26 Å². The SMILES string of the molecule is COc1cc(Cl)c(C2c3cc4c(cc3OC(=N)C2C#N)OCO4)cc1OC. The minimum Gasteiger partial charge on any atom is -0.493 e. The molecular weight excluding hydrogens is 372 g/mol. The topological polar surface area (TPSA) is 93.8 Å². The van der Waals surface area contributed by atoms with Crippen LogP contribution in [0.4, 0.5) is 0 Å². The number of fused-ring (bicyclic) bond motifs is 2. The number of rotatable bonds is 3. The Morgan fingerprint density at radius 3 is 2.37 bits per heavy atom. The molecule has 0 fully saturated rings. The third kappa shape index (κ3) is 2.69. The second kappa shape index (κ2) is 6.56. The van der Waals surface area contributed by atoms with E-state index in [2.05, 4.69) is 6.07 Å². The monoisotopic (exact) mass is 386 g/mol. The molecule has 8 heteroatoms. The zero-order valence-corrected chi connectivity index (χ0v) is 15.3. The predicted octanol–water partition coefficient (Wildman–Crippen LogP) is 3.73. The zero-order chi connectivity index (χ0) is 19.1. The average molecular weight is 387 g/mol. The maximum absolute atomic E-state index is 9.70. The van der Waals surface area contributed by atoms with Crippen molar-refractivity contribution in [3.63, 3.8) is 0 Å². The Morgan fingerprint density at radius 1 is 1.04 bits per heavy atom. The molecule has 27 heavy (non-hydrogen) atoms. The van der Waals surface area contributed by atoms with Crippen molar-refractivity contribution in [1.82, 2.24) is 0 Å². The number of hydrogen-bond donors (Lipinski definition) is 1. The highest BCUT2D eigenvalue weighted by Crippen LogP contribution is 2.50. The summed E-state index contributed by atoms with van der Waals surface area (Å²) in [7, 11) is 3.04. The number of hydrogen-bond acceptors (Lipinski definition) is 7. The molecule has 0 aliphatic carbocycles. The Bertz CT molecular complexity index is 985. The molecule has 2 unspecified atom stereocenters. The number of ether oxygens (including phenoxy) is 5. The predicted molar refractivity (Wildman–Crippen MR) is 96.4 cm³/mol. The largest absolute Gasteiger partial charge is 0.493 e. The molecule has 0 amide bonds. The molecule has 1 N–H and O–H groups in total. The summed E-state index contributed by atoms with van der Waals surface area (Å²) < 4.78 is 27.1. The van der Waals surface area contributed by atoms with Gasteiger partial charge in [0.2, 0.25) is 12.7 Å². The molecule has 0 aromatic heterocycles. The van der Waals surface area contributed by atoms with Crippen LogP contribution in [0.15, 0.2) is 24.3 Å². The summed E-state index contributed by atoms with van der Waals surface area (Å²) in [6.07, 6.45) is 0. The number of nitrogens with zero attached hydrogens (tertiary/aromatic N) is 1. The van der Waals surface area contributed by atoms with Gasteiger partial charge in [-0.1, -0.05) is 11.6 Å². The van der Waals surface area contributed by atoms with E-state index in [0.717, 1.165) is 0 Å². The van der Waals surface area contributed by atoms with Gasteiger partial charge in [-0.3, -0.25) is 5.41 Å². The Balaban J connectivity index is 1.94. The molecule has 0 spiro atoms. The lowest BCUT2D eigenvalue weighted by atomic mass is 9.79. The number of nitrogens with one attached hydrogen (secondary N) is 1. The highest BCUT2D eigenvalue weighted by molar-refractivity contribution is 6.31. The zero-order valence-electron chi connectivity index (χ0n) is 14.5. The third-order valence-electron chi connectivity index (χ3n) is 4.65. The van der Waals surface area contributed by atoms with Crippen molar-refractivity contribution in [1.29, 1.82) is 10.7 Å². The van der Waals surface area contributed by atoms with Crippen LogP contribution in [0.3, 0.4) is 0 Å². The second-order valence-corrected chi connectivity index (χ2v) is 6.43. The molecule has 7 nitrogen and oxygen atoms in total. The van der Waals surface area contributed by atoms with Crippen molar-refractivity contribution in [3.05, 3.63) is 40.4 Å². The lowest BCUT2D eigenvalue weighted by molar-refractivity contribution is 0.174. The van der Waals surface area contributed by atoms with Crippen LogP contribution in [-0.2, 0) is 0 Å². The van der Waals surface area contributed by atoms with E-state index in [0.29, 0.717) is 44.9 Å². The number of nitriles is 1. The molecular formula is C19H15ClN2O5. The van der Waals surface area contributed by atoms with Crippen molar-refractivity contribution in [2.45, 2.75) is 5.92 Å². The van der Waals surface area contributed by atoms with E-state index in [4.69, 9.17) is 40.7 Å². The summed E-state index contributed by atoms with van der Waals surface area (Å²) in [6.45, 7) is 0.110. The highest BCUT2D eigenvalue weighted by atomic mass is 35.5. The van der Waals surface area contributed by atoms with Crippen LogP contribution < -0.4 is 23.7 Å². The van der Waals surface area contributed by atoms with Crippen molar-refractivity contribution < 1.29 is 23.7 Å². The molecule has 0 bridgehead atoms. The fourth-order valence-electron chi connectivity index (χ4n) is 3.37. The van der Waals surface area contributed by atoms with Gasteiger partial charge in [0.05, 0.1) is 20.3 Å². The van der Waals surface area contributed by atoms with Crippen LogP contribution in [-0.4, -0.2) is 26.9 Å². The van der Waals surface area contributed by atoms with E-state index < -0.39 is 11.8 Å². The lowest BCUT2D eigenvalue weighted by Gasteiger charge is -2.31. The lowest BCUT2D eigenvalue weighted by Crippen LogP contribution is -2.31. The molecule has 2 aliphatic heterocycles. The van der Waals surface area contributed by atoms with E-state index in [9.17, 15) is 5.26 Å². The number of halogens is 1. The summed E-state index contributed by atoms with van der Waals surface area (Å²) in [5.74, 6) is 0.952. The van der Waals surface area contributed by atoms with Crippen LogP contribution in [0, 0.1) is 22.7 Å². The Hall–Kier alpha value is -3.11. The van der Waals surface area contributed by atoms with E-state index in [1.165, 1.54) is 14.2 Å². The van der Waals surface area contributed by atoms with E-state index in [1.54, 1.807) is 24.3 Å². The summed E-state index contributed by atoms with van der Waals surface area (Å²) in [5.41, 5.74) is 1.32. The first-order valence-electron chi connectivity index (χ1n) is 8.08. The third-order valence-corrected chi connectivity index (χ3v) is 4.98.